The van der Waals surface area contributed by atoms with Crippen molar-refractivity contribution in [3.8, 4) is 0 Å². The van der Waals surface area contributed by atoms with E-state index in [1.165, 1.54) is 18.6 Å². The Morgan fingerprint density at radius 1 is 1.09 bits per heavy atom. The molecule has 2 aromatic carbocycles. The number of fused-ring (bicyclic) bond motifs is 2. The first-order chi connectivity index (χ1) is 15.5. The highest BCUT2D eigenvalue weighted by Gasteiger charge is 2.29. The van der Waals surface area contributed by atoms with Gasteiger partial charge in [0.05, 0.1) is 16.6 Å². The molecule has 0 unspecified atom stereocenters. The van der Waals surface area contributed by atoms with Crippen LogP contribution in [0, 0.1) is 11.7 Å². The quantitative estimate of drug-likeness (QED) is 0.400. The van der Waals surface area contributed by atoms with Crippen molar-refractivity contribution < 1.29 is 9.18 Å². The number of carbonyl (C=O) groups is 1. The number of carbonyl (C=O) groups excluding carboxylic acids is 1. The van der Waals surface area contributed by atoms with E-state index in [1.54, 1.807) is 12.1 Å². The van der Waals surface area contributed by atoms with Crippen molar-refractivity contribution in [2.24, 2.45) is 5.92 Å². The zero-order valence-corrected chi connectivity index (χ0v) is 18.4. The smallest absolute Gasteiger partial charge is 0.221 e. The Morgan fingerprint density at radius 2 is 1.91 bits per heavy atom. The van der Waals surface area contributed by atoms with Gasteiger partial charge in [0.2, 0.25) is 5.91 Å². The van der Waals surface area contributed by atoms with E-state index in [4.69, 9.17) is 4.98 Å². The lowest BCUT2D eigenvalue weighted by Crippen LogP contribution is -2.19. The molecule has 32 heavy (non-hydrogen) atoms. The van der Waals surface area contributed by atoms with Crippen molar-refractivity contribution in [2.45, 2.75) is 51.4 Å². The maximum absolute atomic E-state index is 13.9. The van der Waals surface area contributed by atoms with E-state index in [1.807, 2.05) is 24.4 Å². The minimum atomic E-state index is -0.208. The Morgan fingerprint density at radius 3 is 2.69 bits per heavy atom. The molecule has 164 valence electrons. The molecular weight excluding hydrogens is 403 g/mol. The van der Waals surface area contributed by atoms with Gasteiger partial charge in [0.25, 0.3) is 0 Å². The minimum absolute atomic E-state index is 0.0880. The van der Waals surface area contributed by atoms with Crippen LogP contribution in [0.15, 0.2) is 48.7 Å². The number of benzene rings is 2. The van der Waals surface area contributed by atoms with Crippen LogP contribution in [0.4, 0.5) is 10.1 Å². The van der Waals surface area contributed by atoms with E-state index in [-0.39, 0.29) is 11.7 Å². The number of rotatable bonds is 4. The third-order valence-corrected chi connectivity index (χ3v) is 6.91. The number of aromatic nitrogens is 3. The molecule has 0 radical (unpaired) electrons. The highest BCUT2D eigenvalue weighted by Crippen LogP contribution is 2.43. The normalized spacial score (nSPS) is 19.8. The second kappa shape index (κ2) is 8.34. The Hall–Kier alpha value is -3.28. The van der Waals surface area contributed by atoms with Gasteiger partial charge in [-0.3, -0.25) is 9.78 Å². The number of H-pyrrole nitrogens is 1. The average molecular weight is 431 g/mol. The summed E-state index contributed by atoms with van der Waals surface area (Å²) in [7, 11) is 0. The second-order valence-electron chi connectivity index (χ2n) is 9.00. The molecule has 1 saturated carbocycles. The summed E-state index contributed by atoms with van der Waals surface area (Å²) in [4.78, 5) is 24.0. The number of amides is 1. The molecule has 1 atom stereocenters. The van der Waals surface area contributed by atoms with Gasteiger partial charge >= 0.3 is 0 Å². The summed E-state index contributed by atoms with van der Waals surface area (Å²) >= 11 is 0. The van der Waals surface area contributed by atoms with Crippen LogP contribution in [0.2, 0.25) is 0 Å². The van der Waals surface area contributed by atoms with E-state index in [9.17, 15) is 9.18 Å². The largest absolute Gasteiger partial charge is 0.342 e. The number of aromatic amines is 1. The maximum Gasteiger partial charge on any atom is 0.221 e. The second-order valence-corrected chi connectivity index (χ2v) is 9.00. The third-order valence-electron chi connectivity index (χ3n) is 6.91. The molecule has 5 rings (SSSR count). The molecule has 2 N–H and O–H groups in total. The predicted octanol–water partition coefficient (Wildman–Crippen LogP) is 6.29. The van der Waals surface area contributed by atoms with Gasteiger partial charge < -0.3 is 10.3 Å². The van der Waals surface area contributed by atoms with Crippen LogP contribution in [-0.2, 0) is 4.79 Å². The van der Waals surface area contributed by atoms with E-state index in [2.05, 4.69) is 28.3 Å². The molecule has 2 aromatic heterocycles. The molecule has 0 aliphatic heterocycles. The number of nitrogens with one attached hydrogen (secondary N) is 2. The molecule has 2 heterocycles. The van der Waals surface area contributed by atoms with Crippen LogP contribution in [0.5, 0.6) is 0 Å². The van der Waals surface area contributed by atoms with Crippen molar-refractivity contribution >= 4 is 33.5 Å². The summed E-state index contributed by atoms with van der Waals surface area (Å²) in [6.07, 6.45) is 6.22. The molecular formula is C26H27FN4O. The fourth-order valence-electron chi connectivity index (χ4n) is 5.17. The van der Waals surface area contributed by atoms with E-state index in [0.29, 0.717) is 17.8 Å². The number of imidazole rings is 1. The van der Waals surface area contributed by atoms with Gasteiger partial charge in [0.1, 0.15) is 11.6 Å². The standard InChI is InChI=1S/C26H27FN4O/c1-15(26-30-24-10-8-20(29-16(2)32)14-25(24)31-26)17-3-5-18(6-4-17)21-11-12-28-23-9-7-19(27)13-22(21)23/h7-15,17-18H,3-6H2,1-2H3,(H,29,32)(H,30,31)/t15-,17-,18+/m0/s1. The van der Waals surface area contributed by atoms with Crippen LogP contribution in [0.1, 0.15) is 62.8 Å². The number of halogens is 1. The van der Waals surface area contributed by atoms with Crippen LogP contribution in [-0.4, -0.2) is 20.9 Å². The topological polar surface area (TPSA) is 70.7 Å². The van der Waals surface area contributed by atoms with E-state index >= 15 is 0 Å². The number of hydrogen-bond donors (Lipinski definition) is 2. The zero-order chi connectivity index (χ0) is 22.2. The van der Waals surface area contributed by atoms with Gasteiger partial charge in [-0.25, -0.2) is 9.37 Å². The van der Waals surface area contributed by atoms with Crippen molar-refractivity contribution in [1.29, 1.82) is 0 Å². The van der Waals surface area contributed by atoms with Crippen LogP contribution < -0.4 is 5.32 Å². The lowest BCUT2D eigenvalue weighted by atomic mass is 9.73. The SMILES string of the molecule is CC(=O)Nc1ccc2[nH]c([C@@H](C)[C@H]3CC[C@@H](c4ccnc5ccc(F)cc54)CC3)nc2c1. The van der Waals surface area contributed by atoms with Crippen molar-refractivity contribution in [3.05, 3.63) is 65.9 Å². The van der Waals surface area contributed by atoms with Crippen LogP contribution in [0.25, 0.3) is 21.9 Å². The first-order valence-corrected chi connectivity index (χ1v) is 11.3. The predicted molar refractivity (Wildman–Crippen MR) is 125 cm³/mol. The first kappa shape index (κ1) is 20.6. The molecule has 1 aliphatic rings. The summed E-state index contributed by atoms with van der Waals surface area (Å²) in [5.74, 6) is 2.00. The average Bonchev–Trinajstić information content (AvgIpc) is 3.21. The van der Waals surface area contributed by atoms with Gasteiger partial charge in [-0.05, 0) is 85.5 Å². The Balaban J connectivity index is 1.31. The lowest BCUT2D eigenvalue weighted by molar-refractivity contribution is -0.114. The third kappa shape index (κ3) is 3.97. The van der Waals surface area contributed by atoms with Gasteiger partial charge in [-0.2, -0.15) is 0 Å². The summed E-state index contributed by atoms with van der Waals surface area (Å²) < 4.78 is 13.9. The maximum atomic E-state index is 13.9. The van der Waals surface area contributed by atoms with Gasteiger partial charge in [0.15, 0.2) is 0 Å². The van der Waals surface area contributed by atoms with Crippen molar-refractivity contribution in [1.82, 2.24) is 15.0 Å². The molecule has 1 aliphatic carbocycles. The Labute approximate surface area is 186 Å². The fourth-order valence-corrected chi connectivity index (χ4v) is 5.17. The molecule has 5 nitrogen and oxygen atoms in total. The molecule has 0 bridgehead atoms. The lowest BCUT2D eigenvalue weighted by Gasteiger charge is -2.32. The van der Waals surface area contributed by atoms with Gasteiger partial charge in [0, 0.05) is 30.1 Å². The van der Waals surface area contributed by atoms with Crippen molar-refractivity contribution in [2.75, 3.05) is 5.32 Å². The monoisotopic (exact) mass is 430 g/mol. The van der Waals surface area contributed by atoms with Crippen LogP contribution in [0.3, 0.4) is 0 Å². The fraction of sp³-hybridized carbons (Fsp3) is 0.346. The number of pyridine rings is 1. The summed E-state index contributed by atoms with van der Waals surface area (Å²) in [6.45, 7) is 3.75. The Bertz CT molecular complexity index is 1290. The van der Waals surface area contributed by atoms with Gasteiger partial charge in [-0.15, -0.1) is 0 Å². The minimum Gasteiger partial charge on any atom is -0.342 e. The summed E-state index contributed by atoms with van der Waals surface area (Å²) in [5.41, 5.74) is 4.70. The van der Waals surface area contributed by atoms with Crippen LogP contribution >= 0.6 is 0 Å². The highest BCUT2D eigenvalue weighted by atomic mass is 19.1. The number of hydrogen-bond acceptors (Lipinski definition) is 3. The van der Waals surface area contributed by atoms with E-state index in [0.717, 1.165) is 59.1 Å². The first-order valence-electron chi connectivity index (χ1n) is 11.3. The van der Waals surface area contributed by atoms with E-state index < -0.39 is 0 Å². The number of nitrogens with zero attached hydrogens (tertiary/aromatic N) is 2. The molecule has 0 spiro atoms. The Kier molecular flexibility index (Phi) is 5.37. The molecule has 6 heteroatoms. The van der Waals surface area contributed by atoms with Crippen molar-refractivity contribution in [3.63, 3.8) is 0 Å². The molecule has 1 amide bonds. The molecule has 4 aromatic rings. The zero-order valence-electron chi connectivity index (χ0n) is 18.4. The highest BCUT2D eigenvalue weighted by molar-refractivity contribution is 5.91. The molecule has 1 fully saturated rings. The van der Waals surface area contributed by atoms with Gasteiger partial charge in [-0.1, -0.05) is 6.92 Å². The summed E-state index contributed by atoms with van der Waals surface area (Å²) in [6, 6.07) is 12.7. The number of anilines is 1. The summed E-state index contributed by atoms with van der Waals surface area (Å²) in [5, 5.41) is 3.76. The molecule has 0 saturated heterocycles.